The standard InChI is InChI=1S/C10H11N3O3/c1-16-8-4-2-3-7(10(14)15)9(8)13-11-5-6-12-13/h2-6,11-12H,1H3,(H,14,15). The third-order valence-corrected chi connectivity index (χ3v) is 2.16. The molecule has 1 aliphatic rings. The van der Waals surface area contributed by atoms with Crippen LogP contribution in [0.5, 0.6) is 5.75 Å². The second-order valence-electron chi connectivity index (χ2n) is 3.09. The lowest BCUT2D eigenvalue weighted by Gasteiger charge is -2.22. The van der Waals surface area contributed by atoms with Gasteiger partial charge in [0.05, 0.1) is 12.7 Å². The predicted molar refractivity (Wildman–Crippen MR) is 57.8 cm³/mol. The van der Waals surface area contributed by atoms with Crippen LogP contribution in [0.4, 0.5) is 5.69 Å². The topological polar surface area (TPSA) is 73.8 Å². The van der Waals surface area contributed by atoms with Crippen molar-refractivity contribution in [3.63, 3.8) is 0 Å². The van der Waals surface area contributed by atoms with E-state index in [-0.39, 0.29) is 5.56 Å². The van der Waals surface area contributed by atoms with Crippen LogP contribution in [0.2, 0.25) is 0 Å². The van der Waals surface area contributed by atoms with Crippen LogP contribution in [0, 0.1) is 0 Å². The first-order valence-electron chi connectivity index (χ1n) is 4.62. The third-order valence-electron chi connectivity index (χ3n) is 2.16. The zero-order valence-electron chi connectivity index (χ0n) is 8.60. The number of nitrogens with one attached hydrogen (secondary N) is 2. The molecule has 0 saturated carbocycles. The SMILES string of the molecule is COc1cccc(C(=O)O)c1N1NC=CN1. The van der Waals surface area contributed by atoms with Gasteiger partial charge >= 0.3 is 5.97 Å². The van der Waals surface area contributed by atoms with Gasteiger partial charge in [-0.05, 0) is 12.1 Å². The van der Waals surface area contributed by atoms with E-state index in [0.29, 0.717) is 11.4 Å². The lowest BCUT2D eigenvalue weighted by Crippen LogP contribution is -2.39. The molecule has 16 heavy (non-hydrogen) atoms. The summed E-state index contributed by atoms with van der Waals surface area (Å²) in [6.45, 7) is 0. The third kappa shape index (κ3) is 1.60. The molecule has 0 unspecified atom stereocenters. The quantitative estimate of drug-likeness (QED) is 0.697. The summed E-state index contributed by atoms with van der Waals surface area (Å²) in [7, 11) is 1.49. The number of carbonyl (C=O) groups is 1. The highest BCUT2D eigenvalue weighted by Gasteiger charge is 2.21. The number of para-hydroxylation sites is 1. The minimum atomic E-state index is -1.01. The molecule has 1 aliphatic heterocycles. The molecule has 0 aliphatic carbocycles. The number of aromatic carboxylic acids is 1. The summed E-state index contributed by atoms with van der Waals surface area (Å²) in [6.07, 6.45) is 3.30. The van der Waals surface area contributed by atoms with Crippen molar-refractivity contribution in [3.05, 3.63) is 36.2 Å². The highest BCUT2D eigenvalue weighted by Crippen LogP contribution is 2.30. The minimum absolute atomic E-state index is 0.156. The summed E-state index contributed by atoms with van der Waals surface area (Å²) < 4.78 is 5.14. The van der Waals surface area contributed by atoms with Crippen LogP contribution < -0.4 is 20.7 Å². The first-order chi connectivity index (χ1) is 7.74. The number of hydrogen-bond acceptors (Lipinski definition) is 5. The molecule has 84 valence electrons. The summed E-state index contributed by atoms with van der Waals surface area (Å²) in [5.74, 6) is -0.534. The number of rotatable bonds is 3. The molecule has 0 bridgehead atoms. The fourth-order valence-corrected chi connectivity index (χ4v) is 1.48. The fraction of sp³-hybridized carbons (Fsp3) is 0.100. The lowest BCUT2D eigenvalue weighted by molar-refractivity contribution is 0.0697. The van der Waals surface area contributed by atoms with Crippen molar-refractivity contribution in [2.24, 2.45) is 0 Å². The molecule has 1 heterocycles. The summed E-state index contributed by atoms with van der Waals surface area (Å²) in [5.41, 5.74) is 6.27. The van der Waals surface area contributed by atoms with Crippen LogP contribution >= 0.6 is 0 Å². The molecule has 6 nitrogen and oxygen atoms in total. The monoisotopic (exact) mass is 221 g/mol. The Hall–Kier alpha value is -2.37. The number of hydrazine groups is 2. The molecule has 1 aromatic rings. The van der Waals surface area contributed by atoms with E-state index in [1.54, 1.807) is 24.5 Å². The zero-order valence-corrected chi connectivity index (χ0v) is 8.60. The van der Waals surface area contributed by atoms with E-state index in [0.717, 1.165) is 0 Å². The molecule has 3 N–H and O–H groups in total. The molecule has 2 rings (SSSR count). The molecule has 0 aromatic heterocycles. The first kappa shape index (κ1) is 10.2. The number of hydrogen-bond donors (Lipinski definition) is 3. The van der Waals surface area contributed by atoms with Crippen LogP contribution in [0.15, 0.2) is 30.6 Å². The van der Waals surface area contributed by atoms with Crippen molar-refractivity contribution in [1.82, 2.24) is 10.9 Å². The van der Waals surface area contributed by atoms with E-state index in [9.17, 15) is 4.79 Å². The van der Waals surface area contributed by atoms with Crippen molar-refractivity contribution < 1.29 is 14.6 Å². The van der Waals surface area contributed by atoms with E-state index in [1.807, 2.05) is 0 Å². The number of anilines is 1. The summed E-state index contributed by atoms with van der Waals surface area (Å²) in [6, 6.07) is 4.85. The Balaban J connectivity index is 2.49. The number of nitrogens with zero attached hydrogens (tertiary/aromatic N) is 1. The van der Waals surface area contributed by atoms with Crippen molar-refractivity contribution in [2.45, 2.75) is 0 Å². The molecule has 0 spiro atoms. The number of carboxylic acid groups (broad SMARTS) is 1. The van der Waals surface area contributed by atoms with Gasteiger partial charge in [-0.2, -0.15) is 5.12 Å². The number of carboxylic acids is 1. The van der Waals surface area contributed by atoms with Gasteiger partial charge in [0, 0.05) is 12.4 Å². The molecule has 0 atom stereocenters. The van der Waals surface area contributed by atoms with E-state index in [4.69, 9.17) is 9.84 Å². The Kier molecular flexibility index (Phi) is 2.55. The maximum atomic E-state index is 11.1. The van der Waals surface area contributed by atoms with Crippen LogP contribution in [-0.2, 0) is 0 Å². The van der Waals surface area contributed by atoms with Crippen molar-refractivity contribution in [3.8, 4) is 5.75 Å². The fourth-order valence-electron chi connectivity index (χ4n) is 1.48. The van der Waals surface area contributed by atoms with Gasteiger partial charge in [0.1, 0.15) is 11.4 Å². The van der Waals surface area contributed by atoms with Crippen LogP contribution in [0.1, 0.15) is 10.4 Å². The smallest absolute Gasteiger partial charge is 0.338 e. The minimum Gasteiger partial charge on any atom is -0.494 e. The Labute approximate surface area is 92.1 Å². The van der Waals surface area contributed by atoms with Gasteiger partial charge in [-0.15, -0.1) is 0 Å². The molecule has 0 saturated heterocycles. The van der Waals surface area contributed by atoms with Gasteiger partial charge in [-0.1, -0.05) is 6.07 Å². The normalized spacial score (nSPS) is 13.2. The maximum absolute atomic E-state index is 11.1. The van der Waals surface area contributed by atoms with Crippen LogP contribution in [0.25, 0.3) is 0 Å². The highest BCUT2D eigenvalue weighted by atomic mass is 16.5. The number of ether oxygens (including phenoxy) is 1. The second-order valence-corrected chi connectivity index (χ2v) is 3.09. The van der Waals surface area contributed by atoms with Gasteiger partial charge in [-0.3, -0.25) is 10.9 Å². The van der Waals surface area contributed by atoms with E-state index >= 15 is 0 Å². The van der Waals surface area contributed by atoms with Gasteiger partial charge in [0.25, 0.3) is 0 Å². The van der Waals surface area contributed by atoms with Gasteiger partial charge in [0.15, 0.2) is 0 Å². The molecule has 0 radical (unpaired) electrons. The molecular formula is C10H11N3O3. The Morgan fingerprint density at radius 1 is 1.38 bits per heavy atom. The molecule has 0 fully saturated rings. The van der Waals surface area contributed by atoms with Crippen molar-refractivity contribution >= 4 is 11.7 Å². The zero-order chi connectivity index (χ0) is 11.5. The summed E-state index contributed by atoms with van der Waals surface area (Å²) in [5, 5.41) is 10.6. The first-order valence-corrected chi connectivity index (χ1v) is 4.62. The van der Waals surface area contributed by atoms with E-state index in [1.165, 1.54) is 18.3 Å². The van der Waals surface area contributed by atoms with Crippen molar-refractivity contribution in [1.29, 1.82) is 0 Å². The molecule has 0 amide bonds. The van der Waals surface area contributed by atoms with Gasteiger partial charge in [0.2, 0.25) is 0 Å². The average molecular weight is 221 g/mol. The summed E-state index contributed by atoms with van der Waals surface area (Å²) in [4.78, 5) is 11.1. The Morgan fingerprint density at radius 3 is 2.62 bits per heavy atom. The second kappa shape index (κ2) is 4.01. The number of benzene rings is 1. The maximum Gasteiger partial charge on any atom is 0.338 e. The molecular weight excluding hydrogens is 210 g/mol. The summed E-state index contributed by atoms with van der Waals surface area (Å²) >= 11 is 0. The molecule has 6 heteroatoms. The van der Waals surface area contributed by atoms with Crippen LogP contribution in [-0.4, -0.2) is 18.2 Å². The largest absolute Gasteiger partial charge is 0.494 e. The number of methoxy groups -OCH3 is 1. The Bertz CT molecular complexity index is 437. The lowest BCUT2D eigenvalue weighted by atomic mass is 10.1. The van der Waals surface area contributed by atoms with E-state index in [2.05, 4.69) is 10.9 Å². The molecule has 1 aromatic carbocycles. The van der Waals surface area contributed by atoms with Crippen LogP contribution in [0.3, 0.4) is 0 Å². The van der Waals surface area contributed by atoms with E-state index < -0.39 is 5.97 Å². The highest BCUT2D eigenvalue weighted by molar-refractivity contribution is 5.96. The van der Waals surface area contributed by atoms with Crippen molar-refractivity contribution in [2.75, 3.05) is 12.2 Å². The predicted octanol–water partition coefficient (Wildman–Crippen LogP) is 0.694. The average Bonchev–Trinajstić information content (AvgIpc) is 2.81. The van der Waals surface area contributed by atoms with Gasteiger partial charge in [-0.25, -0.2) is 4.79 Å². The van der Waals surface area contributed by atoms with Gasteiger partial charge < -0.3 is 9.84 Å². The Morgan fingerprint density at radius 2 is 2.06 bits per heavy atom.